The summed E-state index contributed by atoms with van der Waals surface area (Å²) in [5.74, 6) is 0.673. The SMILES string of the molecule is CCCC(C)CNc1ccc2c(c1)CCN2C(=O)OC(C)(C)C. The van der Waals surface area contributed by atoms with Crippen LogP contribution in [0.4, 0.5) is 16.2 Å². The van der Waals surface area contributed by atoms with E-state index in [0.29, 0.717) is 12.5 Å². The smallest absolute Gasteiger partial charge is 0.414 e. The first-order chi connectivity index (χ1) is 10.8. The maximum Gasteiger partial charge on any atom is 0.414 e. The summed E-state index contributed by atoms with van der Waals surface area (Å²) in [6, 6.07) is 6.25. The lowest BCUT2D eigenvalue weighted by Gasteiger charge is -2.24. The number of hydrogen-bond donors (Lipinski definition) is 1. The van der Waals surface area contributed by atoms with Gasteiger partial charge in [0.25, 0.3) is 0 Å². The summed E-state index contributed by atoms with van der Waals surface area (Å²) >= 11 is 0. The Morgan fingerprint density at radius 3 is 2.78 bits per heavy atom. The number of nitrogens with zero attached hydrogens (tertiary/aromatic N) is 1. The van der Waals surface area contributed by atoms with E-state index >= 15 is 0 Å². The fourth-order valence-electron chi connectivity index (χ4n) is 2.91. The van der Waals surface area contributed by atoms with Crippen molar-refractivity contribution in [2.24, 2.45) is 5.92 Å². The van der Waals surface area contributed by atoms with Crippen LogP contribution in [0.5, 0.6) is 0 Å². The largest absolute Gasteiger partial charge is 0.443 e. The molecule has 23 heavy (non-hydrogen) atoms. The number of carbonyl (C=O) groups excluding carboxylic acids is 1. The van der Waals surface area contributed by atoms with Crippen molar-refractivity contribution in [3.05, 3.63) is 23.8 Å². The highest BCUT2D eigenvalue weighted by atomic mass is 16.6. The summed E-state index contributed by atoms with van der Waals surface area (Å²) < 4.78 is 5.49. The molecule has 1 aromatic rings. The molecule has 0 aliphatic carbocycles. The van der Waals surface area contributed by atoms with Gasteiger partial charge in [0.15, 0.2) is 0 Å². The number of fused-ring (bicyclic) bond motifs is 1. The molecule has 4 heteroatoms. The van der Waals surface area contributed by atoms with Gasteiger partial charge in [-0.1, -0.05) is 20.3 Å². The number of nitrogens with one attached hydrogen (secondary N) is 1. The van der Waals surface area contributed by atoms with Crippen molar-refractivity contribution in [3.8, 4) is 0 Å². The topological polar surface area (TPSA) is 41.6 Å². The van der Waals surface area contributed by atoms with Crippen molar-refractivity contribution in [1.29, 1.82) is 0 Å². The zero-order chi connectivity index (χ0) is 17.0. The van der Waals surface area contributed by atoms with Crippen LogP contribution in [0.2, 0.25) is 0 Å². The average molecular weight is 318 g/mol. The van der Waals surface area contributed by atoms with E-state index in [1.807, 2.05) is 26.8 Å². The van der Waals surface area contributed by atoms with E-state index in [4.69, 9.17) is 4.74 Å². The van der Waals surface area contributed by atoms with E-state index < -0.39 is 5.60 Å². The summed E-state index contributed by atoms with van der Waals surface area (Å²) in [5.41, 5.74) is 2.87. The Bertz CT molecular complexity index is 549. The second-order valence-electron chi connectivity index (χ2n) is 7.50. The minimum atomic E-state index is -0.462. The average Bonchev–Trinajstić information content (AvgIpc) is 2.86. The summed E-state index contributed by atoms with van der Waals surface area (Å²) in [7, 11) is 0. The number of carbonyl (C=O) groups is 1. The standard InChI is InChI=1S/C19H30N2O2/c1-6-7-14(2)13-20-16-8-9-17-15(12-16)10-11-21(17)18(22)23-19(3,4)5/h8-9,12,14,20H,6-7,10-11,13H2,1-5H3. The molecule has 1 N–H and O–H groups in total. The Hall–Kier alpha value is -1.71. The third kappa shape index (κ3) is 4.88. The predicted molar refractivity (Wildman–Crippen MR) is 96.3 cm³/mol. The number of benzene rings is 1. The molecule has 1 atom stereocenters. The third-order valence-corrected chi connectivity index (χ3v) is 4.03. The Balaban J connectivity index is 2.01. The second kappa shape index (κ2) is 7.24. The summed E-state index contributed by atoms with van der Waals surface area (Å²) in [4.78, 5) is 14.0. The van der Waals surface area contributed by atoms with Gasteiger partial charge in [-0.05, 0) is 63.3 Å². The molecule has 2 rings (SSSR count). The Morgan fingerprint density at radius 1 is 1.39 bits per heavy atom. The maximum absolute atomic E-state index is 12.3. The molecular weight excluding hydrogens is 288 g/mol. The Morgan fingerprint density at radius 2 is 2.13 bits per heavy atom. The van der Waals surface area contributed by atoms with Crippen LogP contribution in [0.3, 0.4) is 0 Å². The van der Waals surface area contributed by atoms with Gasteiger partial charge in [-0.2, -0.15) is 0 Å². The van der Waals surface area contributed by atoms with Crippen LogP contribution in [-0.2, 0) is 11.2 Å². The molecule has 0 fully saturated rings. The molecule has 0 saturated carbocycles. The molecular formula is C19H30N2O2. The molecule has 0 saturated heterocycles. The van der Waals surface area contributed by atoms with Gasteiger partial charge in [-0.25, -0.2) is 4.79 Å². The molecule has 0 radical (unpaired) electrons. The highest BCUT2D eigenvalue weighted by Crippen LogP contribution is 2.31. The number of ether oxygens (including phenoxy) is 1. The van der Waals surface area contributed by atoms with Gasteiger partial charge in [-0.15, -0.1) is 0 Å². The Kier molecular flexibility index (Phi) is 5.55. The number of rotatable bonds is 5. The minimum Gasteiger partial charge on any atom is -0.443 e. The fraction of sp³-hybridized carbons (Fsp3) is 0.632. The van der Waals surface area contributed by atoms with E-state index in [1.165, 1.54) is 18.4 Å². The van der Waals surface area contributed by atoms with E-state index in [1.54, 1.807) is 4.90 Å². The number of anilines is 2. The molecule has 0 aromatic heterocycles. The number of amides is 1. The van der Waals surface area contributed by atoms with Gasteiger partial charge in [0.1, 0.15) is 5.60 Å². The first-order valence-electron chi connectivity index (χ1n) is 8.67. The number of hydrogen-bond acceptors (Lipinski definition) is 3. The van der Waals surface area contributed by atoms with Crippen LogP contribution in [0.1, 0.15) is 53.0 Å². The molecule has 4 nitrogen and oxygen atoms in total. The van der Waals surface area contributed by atoms with E-state index in [-0.39, 0.29) is 6.09 Å². The van der Waals surface area contributed by atoms with Crippen LogP contribution < -0.4 is 10.2 Å². The van der Waals surface area contributed by atoms with Crippen molar-refractivity contribution >= 4 is 17.5 Å². The molecule has 1 heterocycles. The lowest BCUT2D eigenvalue weighted by Crippen LogP contribution is -2.35. The van der Waals surface area contributed by atoms with E-state index in [2.05, 4.69) is 31.3 Å². The van der Waals surface area contributed by atoms with E-state index in [9.17, 15) is 4.79 Å². The summed E-state index contributed by atoms with van der Waals surface area (Å²) in [6.45, 7) is 11.9. The molecule has 1 aromatic carbocycles. The summed E-state index contributed by atoms with van der Waals surface area (Å²) in [6.07, 6.45) is 3.09. The molecule has 128 valence electrons. The van der Waals surface area contributed by atoms with Crippen molar-refractivity contribution in [3.63, 3.8) is 0 Å². The second-order valence-corrected chi connectivity index (χ2v) is 7.50. The molecule has 0 spiro atoms. The molecule has 1 amide bonds. The molecule has 1 aliphatic heterocycles. The lowest BCUT2D eigenvalue weighted by atomic mass is 10.1. The molecule has 1 unspecified atom stereocenters. The van der Waals surface area contributed by atoms with Gasteiger partial charge in [0.2, 0.25) is 0 Å². The first kappa shape index (κ1) is 17.6. The highest BCUT2D eigenvalue weighted by molar-refractivity contribution is 5.91. The van der Waals surface area contributed by atoms with Gasteiger partial charge < -0.3 is 10.1 Å². The fourth-order valence-corrected chi connectivity index (χ4v) is 2.91. The molecule has 1 aliphatic rings. The predicted octanol–water partition coefficient (Wildman–Crippen LogP) is 4.83. The highest BCUT2D eigenvalue weighted by Gasteiger charge is 2.28. The normalized spacial score (nSPS) is 15.3. The minimum absolute atomic E-state index is 0.256. The van der Waals surface area contributed by atoms with Gasteiger partial charge in [-0.3, -0.25) is 4.90 Å². The molecule has 0 bridgehead atoms. The van der Waals surface area contributed by atoms with Crippen molar-refractivity contribution < 1.29 is 9.53 Å². The van der Waals surface area contributed by atoms with Crippen molar-refractivity contribution in [2.45, 2.75) is 59.5 Å². The maximum atomic E-state index is 12.3. The summed E-state index contributed by atoms with van der Waals surface area (Å²) in [5, 5.41) is 3.51. The van der Waals surface area contributed by atoms with Crippen LogP contribution in [0.15, 0.2) is 18.2 Å². The first-order valence-corrected chi connectivity index (χ1v) is 8.67. The van der Waals surface area contributed by atoms with Crippen molar-refractivity contribution in [2.75, 3.05) is 23.3 Å². The Labute approximate surface area is 140 Å². The van der Waals surface area contributed by atoms with E-state index in [0.717, 1.165) is 24.3 Å². The zero-order valence-electron chi connectivity index (χ0n) is 15.1. The van der Waals surface area contributed by atoms with Gasteiger partial charge >= 0.3 is 6.09 Å². The lowest BCUT2D eigenvalue weighted by molar-refractivity contribution is 0.0584. The zero-order valence-corrected chi connectivity index (χ0v) is 15.1. The van der Waals surface area contributed by atoms with Gasteiger partial charge in [0.05, 0.1) is 5.69 Å². The van der Waals surface area contributed by atoms with Gasteiger partial charge in [0, 0.05) is 18.8 Å². The van der Waals surface area contributed by atoms with Crippen LogP contribution in [0, 0.1) is 5.92 Å². The third-order valence-electron chi connectivity index (χ3n) is 4.03. The van der Waals surface area contributed by atoms with Crippen molar-refractivity contribution in [1.82, 2.24) is 0 Å². The van der Waals surface area contributed by atoms with Crippen LogP contribution >= 0.6 is 0 Å². The quantitative estimate of drug-likeness (QED) is 0.845. The van der Waals surface area contributed by atoms with Crippen LogP contribution in [-0.4, -0.2) is 24.8 Å². The monoisotopic (exact) mass is 318 g/mol. The van der Waals surface area contributed by atoms with Crippen LogP contribution in [0.25, 0.3) is 0 Å².